The van der Waals surface area contributed by atoms with Crippen molar-refractivity contribution in [2.24, 2.45) is 0 Å². The lowest BCUT2D eigenvalue weighted by atomic mass is 9.83. The smallest absolute Gasteiger partial charge is 0.378 e. The summed E-state index contributed by atoms with van der Waals surface area (Å²) in [4.78, 5) is 36.1. The lowest BCUT2D eigenvalue weighted by Crippen LogP contribution is -2.64. The molecule has 12 heteroatoms. The Kier molecular flexibility index (Phi) is 9.88. The van der Waals surface area contributed by atoms with Crippen LogP contribution < -0.4 is 15.5 Å². The molecule has 1 unspecified atom stereocenters. The Balaban J connectivity index is 1.46. The second-order valence-corrected chi connectivity index (χ2v) is 12.6. The third-order valence-corrected chi connectivity index (χ3v) is 9.21. The predicted molar refractivity (Wildman–Crippen MR) is 177 cm³/mol. The topological polar surface area (TPSA) is 71.2 Å². The number of carbonyl (C=O) groups is 2. The van der Waals surface area contributed by atoms with Gasteiger partial charge in [0.1, 0.15) is 5.54 Å². The second kappa shape index (κ2) is 13.7. The number of nitrogens with zero attached hydrogens (tertiary/aromatic N) is 4. The van der Waals surface area contributed by atoms with E-state index in [9.17, 15) is 22.8 Å². The molecule has 3 aromatic rings. The largest absolute Gasteiger partial charge is 0.416 e. The van der Waals surface area contributed by atoms with E-state index in [0.717, 1.165) is 23.4 Å². The Morgan fingerprint density at radius 1 is 0.978 bits per heavy atom. The average Bonchev–Trinajstić information content (AvgIpc) is 3.40. The van der Waals surface area contributed by atoms with Crippen LogP contribution in [0.1, 0.15) is 35.6 Å². The van der Waals surface area contributed by atoms with Gasteiger partial charge in [0.25, 0.3) is 0 Å². The van der Waals surface area contributed by atoms with Gasteiger partial charge in [0.15, 0.2) is 5.11 Å². The molecular formula is C34H39F3N6O2S. The van der Waals surface area contributed by atoms with Crippen molar-refractivity contribution >= 4 is 40.5 Å². The molecule has 0 radical (unpaired) electrons. The number of benzene rings is 3. The Labute approximate surface area is 273 Å². The number of hydrogen-bond donors (Lipinski definition) is 2. The summed E-state index contributed by atoms with van der Waals surface area (Å²) in [6, 6.07) is 21.9. The Bertz CT molecular complexity index is 1530. The first-order valence-electron chi connectivity index (χ1n) is 15.2. The summed E-state index contributed by atoms with van der Waals surface area (Å²) in [5, 5.41) is 6.76. The fraction of sp³-hybridized carbons (Fsp3) is 0.382. The standard InChI is InChI=1S/C34H39F3N6O2S/c1-40(2)28-15-13-27(14-16-28)38-31(45)33(17-19-41(3)20-18-33)43(21-24-9-11-26(12-10-24)34(35,36)37)30(44)23-42-22-29(39-32(42)46)25-7-5-4-6-8-25/h4-16,29H,17-23H2,1-3H3,(H,38,45)(H,39,46). The Morgan fingerprint density at radius 2 is 1.61 bits per heavy atom. The van der Waals surface area contributed by atoms with Gasteiger partial charge in [0, 0.05) is 51.6 Å². The minimum atomic E-state index is -4.49. The molecule has 2 N–H and O–H groups in total. The molecule has 8 nitrogen and oxygen atoms in total. The highest BCUT2D eigenvalue weighted by atomic mass is 32.1. The van der Waals surface area contributed by atoms with E-state index in [2.05, 4.69) is 15.5 Å². The molecule has 2 heterocycles. The fourth-order valence-electron chi connectivity index (χ4n) is 6.01. The van der Waals surface area contributed by atoms with Gasteiger partial charge in [-0.3, -0.25) is 9.59 Å². The third kappa shape index (κ3) is 7.45. The molecule has 2 saturated heterocycles. The first-order valence-corrected chi connectivity index (χ1v) is 15.6. The molecule has 46 heavy (non-hydrogen) atoms. The highest BCUT2D eigenvalue weighted by Gasteiger charge is 2.48. The predicted octanol–water partition coefficient (Wildman–Crippen LogP) is 5.13. The molecule has 3 aromatic carbocycles. The normalized spacial score (nSPS) is 18.2. The van der Waals surface area contributed by atoms with E-state index in [1.165, 1.54) is 12.1 Å². The zero-order chi connectivity index (χ0) is 33.1. The van der Waals surface area contributed by atoms with Crippen LogP contribution in [-0.4, -0.2) is 84.5 Å². The van der Waals surface area contributed by atoms with Crippen LogP contribution in [0.25, 0.3) is 0 Å². The molecule has 2 amide bonds. The van der Waals surface area contributed by atoms with Crippen molar-refractivity contribution in [3.05, 3.63) is 95.6 Å². The first kappa shape index (κ1) is 33.2. The van der Waals surface area contributed by atoms with Crippen molar-refractivity contribution in [3.8, 4) is 0 Å². The van der Waals surface area contributed by atoms with Gasteiger partial charge in [0.05, 0.1) is 18.2 Å². The summed E-state index contributed by atoms with van der Waals surface area (Å²) in [5.41, 5.74) is 1.06. The molecule has 0 aromatic heterocycles. The molecule has 244 valence electrons. The number of rotatable bonds is 9. The molecule has 0 spiro atoms. The van der Waals surface area contributed by atoms with Crippen LogP contribution in [0, 0.1) is 0 Å². The van der Waals surface area contributed by atoms with E-state index in [0.29, 0.717) is 48.8 Å². The zero-order valence-corrected chi connectivity index (χ0v) is 27.0. The van der Waals surface area contributed by atoms with Crippen molar-refractivity contribution in [3.63, 3.8) is 0 Å². The van der Waals surface area contributed by atoms with Gasteiger partial charge in [-0.15, -0.1) is 0 Å². The number of anilines is 2. The van der Waals surface area contributed by atoms with Gasteiger partial charge in [-0.05, 0) is 79.6 Å². The van der Waals surface area contributed by atoms with Crippen molar-refractivity contribution in [1.29, 1.82) is 0 Å². The Morgan fingerprint density at radius 3 is 2.20 bits per heavy atom. The minimum Gasteiger partial charge on any atom is -0.378 e. The van der Waals surface area contributed by atoms with Gasteiger partial charge >= 0.3 is 6.18 Å². The number of nitrogens with one attached hydrogen (secondary N) is 2. The van der Waals surface area contributed by atoms with Gasteiger partial charge < -0.3 is 30.2 Å². The summed E-state index contributed by atoms with van der Waals surface area (Å²) in [5.74, 6) is -0.664. The first-order chi connectivity index (χ1) is 21.9. The zero-order valence-electron chi connectivity index (χ0n) is 26.2. The monoisotopic (exact) mass is 652 g/mol. The van der Waals surface area contributed by atoms with Crippen LogP contribution in [0.3, 0.4) is 0 Å². The highest BCUT2D eigenvalue weighted by molar-refractivity contribution is 7.80. The van der Waals surface area contributed by atoms with E-state index in [4.69, 9.17) is 12.2 Å². The van der Waals surface area contributed by atoms with Crippen LogP contribution in [-0.2, 0) is 22.3 Å². The number of likely N-dealkylation sites (tertiary alicyclic amines) is 1. The van der Waals surface area contributed by atoms with Crippen molar-refractivity contribution in [2.45, 2.75) is 37.1 Å². The van der Waals surface area contributed by atoms with E-state index >= 15 is 0 Å². The third-order valence-electron chi connectivity index (χ3n) is 8.83. The summed E-state index contributed by atoms with van der Waals surface area (Å²) < 4.78 is 40.1. The maximum Gasteiger partial charge on any atom is 0.416 e. The summed E-state index contributed by atoms with van der Waals surface area (Å²) in [6.07, 6.45) is -3.78. The molecule has 0 bridgehead atoms. The van der Waals surface area contributed by atoms with Crippen LogP contribution in [0.4, 0.5) is 24.5 Å². The van der Waals surface area contributed by atoms with Crippen LogP contribution >= 0.6 is 12.2 Å². The highest BCUT2D eigenvalue weighted by Crippen LogP contribution is 2.34. The number of carbonyl (C=O) groups excluding carboxylic acids is 2. The number of piperidine rings is 1. The molecule has 2 aliphatic heterocycles. The molecule has 1 atom stereocenters. The molecular weight excluding hydrogens is 613 g/mol. The van der Waals surface area contributed by atoms with Gasteiger partial charge in [0.2, 0.25) is 11.8 Å². The van der Waals surface area contributed by atoms with Crippen LogP contribution in [0.15, 0.2) is 78.9 Å². The lowest BCUT2D eigenvalue weighted by molar-refractivity contribution is -0.150. The average molecular weight is 653 g/mol. The second-order valence-electron chi connectivity index (χ2n) is 12.2. The van der Waals surface area contributed by atoms with Crippen molar-refractivity contribution in [2.75, 3.05) is 57.5 Å². The Hall–Kier alpha value is -4.16. The van der Waals surface area contributed by atoms with Gasteiger partial charge in [-0.1, -0.05) is 42.5 Å². The molecule has 0 saturated carbocycles. The van der Waals surface area contributed by atoms with E-state index < -0.39 is 17.3 Å². The van der Waals surface area contributed by atoms with E-state index in [1.807, 2.05) is 80.6 Å². The van der Waals surface area contributed by atoms with Gasteiger partial charge in [-0.25, -0.2) is 0 Å². The quantitative estimate of drug-likeness (QED) is 0.311. The molecule has 2 fully saturated rings. The number of alkyl halides is 3. The molecule has 2 aliphatic rings. The van der Waals surface area contributed by atoms with Crippen molar-refractivity contribution in [1.82, 2.24) is 20.0 Å². The maximum absolute atomic E-state index is 14.4. The number of amides is 2. The SMILES string of the molecule is CN1CCC(C(=O)Nc2ccc(N(C)C)cc2)(N(Cc2ccc(C(F)(F)F)cc2)C(=O)CN2CC(c3ccccc3)NC2=S)CC1. The fourth-order valence-corrected chi connectivity index (χ4v) is 6.29. The van der Waals surface area contributed by atoms with E-state index in [-0.39, 0.29) is 30.9 Å². The van der Waals surface area contributed by atoms with Crippen molar-refractivity contribution < 1.29 is 22.8 Å². The van der Waals surface area contributed by atoms with Gasteiger partial charge in [-0.2, -0.15) is 13.2 Å². The maximum atomic E-state index is 14.4. The summed E-state index contributed by atoms with van der Waals surface area (Å²) in [6.45, 7) is 1.46. The number of thiocarbonyl (C=S) groups is 1. The molecule has 5 rings (SSSR count). The minimum absolute atomic E-state index is 0.0379. The number of halogens is 3. The van der Waals surface area contributed by atoms with E-state index in [1.54, 1.807) is 9.80 Å². The summed E-state index contributed by atoms with van der Waals surface area (Å²) >= 11 is 5.62. The molecule has 0 aliphatic carbocycles. The van der Waals surface area contributed by atoms with Crippen LogP contribution in [0.5, 0.6) is 0 Å². The lowest BCUT2D eigenvalue weighted by Gasteiger charge is -2.47. The number of hydrogen-bond acceptors (Lipinski definition) is 5. The van der Waals surface area contributed by atoms with Crippen LogP contribution in [0.2, 0.25) is 0 Å². The summed E-state index contributed by atoms with van der Waals surface area (Å²) in [7, 11) is 5.81.